The van der Waals surface area contributed by atoms with E-state index in [-0.39, 0.29) is 10.1 Å². The van der Waals surface area contributed by atoms with E-state index in [1.165, 1.54) is 6.07 Å². The average Bonchev–Trinajstić information content (AvgIpc) is 2.02. The van der Waals surface area contributed by atoms with Crippen LogP contribution in [0.2, 0.25) is 0 Å². The zero-order valence-electron chi connectivity index (χ0n) is 6.77. The highest BCUT2D eigenvalue weighted by atomic mass is 127. The number of alkyl halides is 3. The fourth-order valence-electron chi connectivity index (χ4n) is 0.888. The van der Waals surface area contributed by atoms with E-state index in [1.807, 2.05) is 0 Å². The van der Waals surface area contributed by atoms with Gasteiger partial charge < -0.3 is 0 Å². The van der Waals surface area contributed by atoms with Crippen LogP contribution in [-0.2, 0) is 12.6 Å². The van der Waals surface area contributed by atoms with E-state index >= 15 is 0 Å². The molecule has 0 N–H and O–H groups in total. The molecule has 1 aromatic heterocycles. The van der Waals surface area contributed by atoms with Crippen molar-refractivity contribution in [1.29, 1.82) is 5.26 Å². The Morgan fingerprint density at radius 3 is 2.57 bits per heavy atom. The highest BCUT2D eigenvalue weighted by Crippen LogP contribution is 2.28. The summed E-state index contributed by atoms with van der Waals surface area (Å²) in [6.07, 6.45) is -4.49. The number of rotatable bonds is 1. The molecule has 2 nitrogen and oxygen atoms in total. The second-order valence-corrected chi connectivity index (χ2v) is 3.62. The Kier molecular flexibility index (Phi) is 3.31. The maximum absolute atomic E-state index is 12.2. The highest BCUT2D eigenvalue weighted by Gasteiger charge is 2.32. The summed E-state index contributed by atoms with van der Waals surface area (Å²) in [5.41, 5.74) is -0.617. The van der Waals surface area contributed by atoms with E-state index in [0.717, 1.165) is 6.07 Å². The molecule has 6 heteroatoms. The lowest BCUT2D eigenvalue weighted by Crippen LogP contribution is -2.09. The van der Waals surface area contributed by atoms with Gasteiger partial charge in [-0.25, -0.2) is 4.98 Å². The van der Waals surface area contributed by atoms with E-state index in [1.54, 1.807) is 28.7 Å². The van der Waals surface area contributed by atoms with Crippen molar-refractivity contribution in [2.45, 2.75) is 12.6 Å². The van der Waals surface area contributed by atoms with Crippen LogP contribution in [0.25, 0.3) is 0 Å². The molecule has 0 saturated heterocycles. The number of pyridine rings is 1. The molecule has 0 saturated carbocycles. The molecule has 0 unspecified atom stereocenters. The lowest BCUT2D eigenvalue weighted by Gasteiger charge is -2.07. The maximum atomic E-state index is 12.2. The smallest absolute Gasteiger partial charge is 0.237 e. The summed E-state index contributed by atoms with van der Waals surface area (Å²) < 4.78 is 37.0. The molecule has 0 amide bonds. The summed E-state index contributed by atoms with van der Waals surface area (Å²) in [7, 11) is 0. The third kappa shape index (κ3) is 2.83. The first-order valence-corrected chi connectivity index (χ1v) is 4.62. The van der Waals surface area contributed by atoms with Gasteiger partial charge in [0.15, 0.2) is 0 Å². The highest BCUT2D eigenvalue weighted by molar-refractivity contribution is 14.1. The normalized spacial score (nSPS) is 11.1. The van der Waals surface area contributed by atoms with E-state index in [4.69, 9.17) is 5.26 Å². The van der Waals surface area contributed by atoms with Crippen molar-refractivity contribution in [1.82, 2.24) is 4.98 Å². The second-order valence-electron chi connectivity index (χ2n) is 2.52. The molecule has 1 rings (SSSR count). The summed E-state index contributed by atoms with van der Waals surface area (Å²) >= 11 is 1.69. The van der Waals surface area contributed by atoms with Crippen molar-refractivity contribution >= 4 is 22.6 Å². The molecule has 74 valence electrons. The lowest BCUT2D eigenvalue weighted by molar-refractivity contribution is -0.141. The van der Waals surface area contributed by atoms with E-state index in [9.17, 15) is 13.2 Å². The molecule has 0 spiro atoms. The largest absolute Gasteiger partial charge is 0.433 e. The molecule has 0 radical (unpaired) electrons. The fraction of sp³-hybridized carbons (Fsp3) is 0.250. The van der Waals surface area contributed by atoms with Gasteiger partial charge in [-0.1, -0.05) is 0 Å². The Balaban J connectivity index is 3.15. The fourth-order valence-corrected chi connectivity index (χ4v) is 1.55. The number of aromatic nitrogens is 1. The Bertz CT molecular complexity index is 381. The number of nitriles is 1. The Morgan fingerprint density at radius 2 is 2.07 bits per heavy atom. The molecule has 14 heavy (non-hydrogen) atoms. The first-order chi connectivity index (χ1) is 6.43. The van der Waals surface area contributed by atoms with Crippen molar-refractivity contribution < 1.29 is 13.2 Å². The molecule has 0 bridgehead atoms. The molecule has 0 fully saturated rings. The van der Waals surface area contributed by atoms with Gasteiger partial charge in [0.25, 0.3) is 0 Å². The van der Waals surface area contributed by atoms with Crippen LogP contribution in [0.4, 0.5) is 13.2 Å². The van der Waals surface area contributed by atoms with Crippen molar-refractivity contribution in [2.24, 2.45) is 0 Å². The molecule has 0 atom stereocenters. The zero-order valence-corrected chi connectivity index (χ0v) is 8.93. The maximum Gasteiger partial charge on any atom is 0.433 e. The molecular weight excluding hydrogens is 308 g/mol. The van der Waals surface area contributed by atoms with Crippen molar-refractivity contribution in [3.63, 3.8) is 0 Å². The number of hydrogen-bond donors (Lipinski definition) is 0. The van der Waals surface area contributed by atoms with Gasteiger partial charge in [-0.15, -0.1) is 0 Å². The van der Waals surface area contributed by atoms with Crippen LogP contribution in [0.5, 0.6) is 0 Å². The van der Waals surface area contributed by atoms with Crippen molar-refractivity contribution in [2.75, 3.05) is 0 Å². The minimum absolute atomic E-state index is 0.0401. The van der Waals surface area contributed by atoms with Gasteiger partial charge in [-0.05, 0) is 40.3 Å². The predicted molar refractivity (Wildman–Crippen MR) is 51.3 cm³/mol. The lowest BCUT2D eigenvalue weighted by atomic mass is 10.2. The minimum Gasteiger partial charge on any atom is -0.237 e. The summed E-state index contributed by atoms with van der Waals surface area (Å²) in [6.45, 7) is 0. The molecule has 0 aliphatic rings. The second kappa shape index (κ2) is 4.13. The quantitative estimate of drug-likeness (QED) is 0.590. The third-order valence-electron chi connectivity index (χ3n) is 1.43. The number of hydrogen-bond acceptors (Lipinski definition) is 2. The van der Waals surface area contributed by atoms with Crippen LogP contribution < -0.4 is 0 Å². The van der Waals surface area contributed by atoms with Gasteiger partial charge in [-0.3, -0.25) is 0 Å². The van der Waals surface area contributed by atoms with Crippen LogP contribution in [0.1, 0.15) is 11.3 Å². The van der Waals surface area contributed by atoms with Gasteiger partial charge in [0.2, 0.25) is 0 Å². The van der Waals surface area contributed by atoms with Crippen LogP contribution in [0.3, 0.4) is 0 Å². The first-order valence-electron chi connectivity index (χ1n) is 3.54. The van der Waals surface area contributed by atoms with E-state index in [2.05, 4.69) is 4.98 Å². The van der Waals surface area contributed by atoms with Crippen LogP contribution >= 0.6 is 22.6 Å². The first kappa shape index (κ1) is 11.2. The Hall–Kier alpha value is -0.840. The molecule has 0 aromatic carbocycles. The van der Waals surface area contributed by atoms with Crippen LogP contribution in [-0.4, -0.2) is 4.98 Å². The van der Waals surface area contributed by atoms with Crippen LogP contribution in [0, 0.1) is 15.0 Å². The molecule has 1 aromatic rings. The average molecular weight is 312 g/mol. The van der Waals surface area contributed by atoms with Gasteiger partial charge in [0.05, 0.1) is 12.5 Å². The summed E-state index contributed by atoms with van der Waals surface area (Å²) in [5.74, 6) is 0. The van der Waals surface area contributed by atoms with Gasteiger partial charge in [0.1, 0.15) is 9.39 Å². The number of halogens is 4. The number of nitrogens with zero attached hydrogens (tertiary/aromatic N) is 2. The molecule has 0 aliphatic carbocycles. The third-order valence-corrected chi connectivity index (χ3v) is 1.98. The molecule has 1 heterocycles. The standard InChI is InChI=1S/C8H4F3IN2/c9-8(10,11)6-3-5(1-2-13)4-7(12)14-6/h3-4H,1H2. The van der Waals surface area contributed by atoms with Gasteiger partial charge in [0, 0.05) is 0 Å². The van der Waals surface area contributed by atoms with Gasteiger partial charge >= 0.3 is 6.18 Å². The van der Waals surface area contributed by atoms with Crippen LogP contribution in [0.15, 0.2) is 12.1 Å². The summed E-state index contributed by atoms with van der Waals surface area (Å²) in [4.78, 5) is 3.34. The van der Waals surface area contributed by atoms with Gasteiger partial charge in [-0.2, -0.15) is 18.4 Å². The Morgan fingerprint density at radius 1 is 1.43 bits per heavy atom. The zero-order chi connectivity index (χ0) is 10.8. The monoisotopic (exact) mass is 312 g/mol. The minimum atomic E-state index is -4.45. The summed E-state index contributed by atoms with van der Waals surface area (Å²) in [6, 6.07) is 4.14. The predicted octanol–water partition coefficient (Wildman–Crippen LogP) is 2.77. The van der Waals surface area contributed by atoms with E-state index < -0.39 is 11.9 Å². The molecule has 0 aliphatic heterocycles. The Labute approximate surface area is 91.9 Å². The topological polar surface area (TPSA) is 36.7 Å². The molecular formula is C8H4F3IN2. The SMILES string of the molecule is N#CCc1cc(I)nc(C(F)(F)F)c1. The van der Waals surface area contributed by atoms with E-state index in [0.29, 0.717) is 5.56 Å². The van der Waals surface area contributed by atoms with Crippen molar-refractivity contribution in [3.8, 4) is 6.07 Å². The summed E-state index contributed by atoms with van der Waals surface area (Å²) in [5, 5.41) is 8.35. The van der Waals surface area contributed by atoms with Crippen molar-refractivity contribution in [3.05, 3.63) is 27.1 Å².